The van der Waals surface area contributed by atoms with Crippen molar-refractivity contribution in [2.45, 2.75) is 45.6 Å². The zero-order chi connectivity index (χ0) is 13.4. The van der Waals surface area contributed by atoms with Crippen LogP contribution in [0.4, 0.5) is 0 Å². The van der Waals surface area contributed by atoms with Gasteiger partial charge in [0.2, 0.25) is 0 Å². The maximum absolute atomic E-state index is 11.1. The number of aryl methyl sites for hydroxylation is 1. The molecule has 0 aliphatic carbocycles. The third kappa shape index (κ3) is 4.74. The molecule has 0 saturated heterocycles. The summed E-state index contributed by atoms with van der Waals surface area (Å²) in [7, 11) is 1.40. The van der Waals surface area contributed by atoms with Gasteiger partial charge in [-0.1, -0.05) is 13.3 Å². The molecule has 0 aliphatic rings. The highest BCUT2D eigenvalue weighted by Gasteiger charge is 2.15. The second-order valence-electron chi connectivity index (χ2n) is 3.99. The van der Waals surface area contributed by atoms with Gasteiger partial charge in [0.25, 0.3) is 0 Å². The number of rotatable bonds is 8. The molecule has 1 heterocycles. The maximum atomic E-state index is 11.1. The molecule has 1 aromatic rings. The molecule has 0 N–H and O–H groups in total. The smallest absolute Gasteiger partial charge is 0.305 e. The first-order valence-electron chi connectivity index (χ1n) is 6.33. The predicted molar refractivity (Wildman–Crippen MR) is 71.7 cm³/mol. The van der Waals surface area contributed by atoms with Crippen molar-refractivity contribution in [1.82, 2.24) is 4.98 Å². The Hall–Kier alpha value is -0.940. The molecular formula is C13H21NO3S. The van der Waals surface area contributed by atoms with E-state index < -0.39 is 0 Å². The van der Waals surface area contributed by atoms with Crippen LogP contribution in [-0.4, -0.2) is 24.7 Å². The van der Waals surface area contributed by atoms with E-state index in [1.165, 1.54) is 7.11 Å². The summed E-state index contributed by atoms with van der Waals surface area (Å²) in [6.45, 7) is 4.83. The lowest BCUT2D eigenvalue weighted by molar-refractivity contribution is -0.140. The Kier molecular flexibility index (Phi) is 6.90. The Morgan fingerprint density at radius 1 is 1.50 bits per heavy atom. The lowest BCUT2D eigenvalue weighted by atomic mass is 10.2. The first-order chi connectivity index (χ1) is 8.71. The summed E-state index contributed by atoms with van der Waals surface area (Å²) in [5.41, 5.74) is 0.946. The van der Waals surface area contributed by atoms with Gasteiger partial charge in [0, 0.05) is 18.4 Å². The van der Waals surface area contributed by atoms with Crippen LogP contribution in [0.1, 0.15) is 49.9 Å². The Morgan fingerprint density at radius 2 is 2.28 bits per heavy atom. The monoisotopic (exact) mass is 271 g/mol. The zero-order valence-electron chi connectivity index (χ0n) is 11.3. The molecule has 1 atom stereocenters. The summed E-state index contributed by atoms with van der Waals surface area (Å²) in [4.78, 5) is 15.6. The summed E-state index contributed by atoms with van der Waals surface area (Å²) in [5.74, 6) is -0.195. The topological polar surface area (TPSA) is 48.4 Å². The predicted octanol–water partition coefficient (Wildman–Crippen LogP) is 3.13. The van der Waals surface area contributed by atoms with E-state index in [-0.39, 0.29) is 12.1 Å². The Balaban J connectivity index is 2.57. The van der Waals surface area contributed by atoms with Crippen LogP contribution in [0, 0.1) is 0 Å². The lowest BCUT2D eigenvalue weighted by Crippen LogP contribution is -2.05. The first kappa shape index (κ1) is 15.1. The van der Waals surface area contributed by atoms with E-state index in [4.69, 9.17) is 4.74 Å². The molecule has 0 saturated carbocycles. The maximum Gasteiger partial charge on any atom is 0.305 e. The van der Waals surface area contributed by atoms with E-state index in [2.05, 4.69) is 16.6 Å². The second-order valence-corrected chi connectivity index (χ2v) is 4.88. The molecule has 18 heavy (non-hydrogen) atoms. The number of carbonyl (C=O) groups is 1. The SMILES string of the molecule is CCCC(OCC)c1nc(CCC(=O)OC)cs1. The number of hydrogen-bond donors (Lipinski definition) is 0. The van der Waals surface area contributed by atoms with Gasteiger partial charge in [-0.25, -0.2) is 4.98 Å². The van der Waals surface area contributed by atoms with Crippen LogP contribution in [0.2, 0.25) is 0 Å². The van der Waals surface area contributed by atoms with Crippen LogP contribution in [0.15, 0.2) is 5.38 Å². The Labute approximate surface area is 112 Å². The minimum atomic E-state index is -0.195. The molecule has 0 bridgehead atoms. The van der Waals surface area contributed by atoms with Crippen molar-refractivity contribution in [1.29, 1.82) is 0 Å². The molecule has 0 radical (unpaired) electrons. The van der Waals surface area contributed by atoms with Gasteiger partial charge in [-0.3, -0.25) is 4.79 Å². The van der Waals surface area contributed by atoms with Gasteiger partial charge < -0.3 is 9.47 Å². The first-order valence-corrected chi connectivity index (χ1v) is 7.21. The van der Waals surface area contributed by atoms with Crippen molar-refractivity contribution in [2.75, 3.05) is 13.7 Å². The molecule has 1 unspecified atom stereocenters. The second kappa shape index (κ2) is 8.21. The number of aromatic nitrogens is 1. The summed E-state index contributed by atoms with van der Waals surface area (Å²) in [6.07, 6.45) is 3.16. The average molecular weight is 271 g/mol. The molecule has 5 heteroatoms. The molecule has 1 aromatic heterocycles. The van der Waals surface area contributed by atoms with Gasteiger partial charge in [0.1, 0.15) is 11.1 Å². The minimum Gasteiger partial charge on any atom is -0.469 e. The fourth-order valence-corrected chi connectivity index (χ4v) is 2.59. The molecule has 0 spiro atoms. The number of esters is 1. The van der Waals surface area contributed by atoms with Crippen molar-refractivity contribution in [3.05, 3.63) is 16.1 Å². The Bertz CT molecular complexity index is 359. The third-order valence-corrected chi connectivity index (χ3v) is 3.56. The van der Waals surface area contributed by atoms with Gasteiger partial charge in [-0.2, -0.15) is 0 Å². The lowest BCUT2D eigenvalue weighted by Gasteiger charge is -2.12. The van der Waals surface area contributed by atoms with Crippen molar-refractivity contribution in [3.63, 3.8) is 0 Å². The van der Waals surface area contributed by atoms with Crippen molar-refractivity contribution < 1.29 is 14.3 Å². The molecular weight excluding hydrogens is 250 g/mol. The van der Waals surface area contributed by atoms with Crippen molar-refractivity contribution >= 4 is 17.3 Å². The fourth-order valence-electron chi connectivity index (χ4n) is 1.66. The summed E-state index contributed by atoms with van der Waals surface area (Å²) < 4.78 is 10.3. The highest BCUT2D eigenvalue weighted by atomic mass is 32.1. The van der Waals surface area contributed by atoms with Gasteiger partial charge >= 0.3 is 5.97 Å². The van der Waals surface area contributed by atoms with Crippen molar-refractivity contribution in [3.8, 4) is 0 Å². The molecule has 0 amide bonds. The van der Waals surface area contributed by atoms with Crippen LogP contribution in [0.3, 0.4) is 0 Å². The highest BCUT2D eigenvalue weighted by Crippen LogP contribution is 2.26. The van der Waals surface area contributed by atoms with Crippen LogP contribution < -0.4 is 0 Å². The Morgan fingerprint density at radius 3 is 2.89 bits per heavy atom. The van der Waals surface area contributed by atoms with Gasteiger partial charge in [0.05, 0.1) is 19.2 Å². The van der Waals surface area contributed by atoms with E-state index in [0.717, 1.165) is 23.5 Å². The molecule has 102 valence electrons. The van der Waals surface area contributed by atoms with Gasteiger partial charge in [0.15, 0.2) is 0 Å². The van der Waals surface area contributed by atoms with E-state index in [0.29, 0.717) is 19.4 Å². The van der Waals surface area contributed by atoms with E-state index in [1.54, 1.807) is 11.3 Å². The summed E-state index contributed by atoms with van der Waals surface area (Å²) in [5, 5.41) is 3.01. The minimum absolute atomic E-state index is 0.0943. The van der Waals surface area contributed by atoms with Gasteiger partial charge in [-0.15, -0.1) is 11.3 Å². The van der Waals surface area contributed by atoms with Crippen molar-refractivity contribution in [2.24, 2.45) is 0 Å². The molecule has 0 fully saturated rings. The molecule has 1 rings (SSSR count). The zero-order valence-corrected chi connectivity index (χ0v) is 12.1. The largest absolute Gasteiger partial charge is 0.469 e. The number of thiazole rings is 1. The molecule has 0 aromatic carbocycles. The number of carbonyl (C=O) groups excluding carboxylic acids is 1. The summed E-state index contributed by atoms with van der Waals surface area (Å²) >= 11 is 1.61. The van der Waals surface area contributed by atoms with Crippen LogP contribution in [-0.2, 0) is 20.7 Å². The fraction of sp³-hybridized carbons (Fsp3) is 0.692. The highest BCUT2D eigenvalue weighted by molar-refractivity contribution is 7.09. The number of methoxy groups -OCH3 is 1. The average Bonchev–Trinajstić information content (AvgIpc) is 2.84. The van der Waals surface area contributed by atoms with E-state index in [1.807, 2.05) is 12.3 Å². The normalized spacial score (nSPS) is 12.4. The third-order valence-electron chi connectivity index (χ3n) is 2.58. The molecule has 0 aliphatic heterocycles. The standard InChI is InChI=1S/C13H21NO3S/c1-4-6-11(17-5-2)13-14-10(9-18-13)7-8-12(15)16-3/h9,11H,4-8H2,1-3H3. The summed E-state index contributed by atoms with van der Waals surface area (Å²) in [6, 6.07) is 0. The number of ether oxygens (including phenoxy) is 2. The van der Waals surface area contributed by atoms with Crippen LogP contribution >= 0.6 is 11.3 Å². The van der Waals surface area contributed by atoms with Crippen LogP contribution in [0.5, 0.6) is 0 Å². The van der Waals surface area contributed by atoms with Gasteiger partial charge in [-0.05, 0) is 13.3 Å². The van der Waals surface area contributed by atoms with E-state index in [9.17, 15) is 4.79 Å². The quantitative estimate of drug-likeness (QED) is 0.682. The number of hydrogen-bond acceptors (Lipinski definition) is 5. The molecule has 4 nitrogen and oxygen atoms in total. The van der Waals surface area contributed by atoms with Crippen LogP contribution in [0.25, 0.3) is 0 Å². The number of nitrogens with zero attached hydrogens (tertiary/aromatic N) is 1. The van der Waals surface area contributed by atoms with E-state index >= 15 is 0 Å².